The van der Waals surface area contributed by atoms with Gasteiger partial charge in [0.25, 0.3) is 0 Å². The third-order valence-corrected chi connectivity index (χ3v) is 3.61. The van der Waals surface area contributed by atoms with E-state index in [4.69, 9.17) is 27.9 Å². The molecule has 120 valence electrons. The zero-order valence-corrected chi connectivity index (χ0v) is 14.4. The van der Waals surface area contributed by atoms with Crippen LogP contribution in [0.5, 0.6) is 5.75 Å². The molecule has 0 aromatic heterocycles. The lowest BCUT2D eigenvalue weighted by atomic mass is 10.1. The van der Waals surface area contributed by atoms with Crippen molar-refractivity contribution in [3.63, 3.8) is 0 Å². The molecule has 22 heavy (non-hydrogen) atoms. The normalized spacial score (nSPS) is 10.2. The van der Waals surface area contributed by atoms with Crippen molar-refractivity contribution in [2.75, 3.05) is 13.7 Å². The van der Waals surface area contributed by atoms with E-state index < -0.39 is 0 Å². The van der Waals surface area contributed by atoms with Gasteiger partial charge in [-0.15, -0.1) is 12.4 Å². The molecule has 6 heteroatoms. The maximum Gasteiger partial charge on any atom is 0.142 e. The fourth-order valence-electron chi connectivity index (χ4n) is 2.08. The summed E-state index contributed by atoms with van der Waals surface area (Å²) in [6.07, 6.45) is 0.816. The Morgan fingerprint density at radius 1 is 1.14 bits per heavy atom. The molecule has 0 bridgehead atoms. The first-order valence-corrected chi connectivity index (χ1v) is 7.33. The van der Waals surface area contributed by atoms with E-state index in [-0.39, 0.29) is 18.2 Å². The van der Waals surface area contributed by atoms with Crippen molar-refractivity contribution < 1.29 is 9.13 Å². The van der Waals surface area contributed by atoms with Gasteiger partial charge in [0.15, 0.2) is 0 Å². The highest BCUT2D eigenvalue weighted by molar-refractivity contribution is 6.35. The van der Waals surface area contributed by atoms with E-state index in [2.05, 4.69) is 5.32 Å². The Bertz CT molecular complexity index is 605. The van der Waals surface area contributed by atoms with Crippen LogP contribution >= 0.6 is 35.6 Å². The molecular weight excluding hydrogens is 348 g/mol. The molecule has 0 atom stereocenters. The number of nitrogens with one attached hydrogen (secondary N) is 1. The van der Waals surface area contributed by atoms with Crippen molar-refractivity contribution >= 4 is 35.6 Å². The number of halogens is 4. The van der Waals surface area contributed by atoms with Gasteiger partial charge in [-0.2, -0.15) is 0 Å². The summed E-state index contributed by atoms with van der Waals surface area (Å²) in [5.74, 6) is 0.417. The first kappa shape index (κ1) is 19.0. The monoisotopic (exact) mass is 363 g/mol. The predicted molar refractivity (Wildman–Crippen MR) is 92.1 cm³/mol. The van der Waals surface area contributed by atoms with Crippen LogP contribution < -0.4 is 10.1 Å². The van der Waals surface area contributed by atoms with Gasteiger partial charge in [0.1, 0.15) is 11.6 Å². The Morgan fingerprint density at radius 3 is 2.45 bits per heavy atom. The molecule has 2 nitrogen and oxygen atoms in total. The van der Waals surface area contributed by atoms with Gasteiger partial charge in [-0.1, -0.05) is 35.3 Å². The number of rotatable bonds is 6. The number of benzene rings is 2. The van der Waals surface area contributed by atoms with Crippen LogP contribution in [0.4, 0.5) is 4.39 Å². The van der Waals surface area contributed by atoms with Gasteiger partial charge < -0.3 is 10.1 Å². The summed E-state index contributed by atoms with van der Waals surface area (Å²) in [4.78, 5) is 0. The molecule has 2 aromatic carbocycles. The topological polar surface area (TPSA) is 21.3 Å². The molecule has 0 saturated carbocycles. The van der Waals surface area contributed by atoms with Crippen molar-refractivity contribution in [2.24, 2.45) is 0 Å². The Hall–Kier alpha value is -1.00. The number of hydrogen-bond acceptors (Lipinski definition) is 2. The molecule has 0 amide bonds. The summed E-state index contributed by atoms with van der Waals surface area (Å²) in [5.41, 5.74) is 1.99. The summed E-state index contributed by atoms with van der Waals surface area (Å²) in [5, 5.41) is 4.38. The summed E-state index contributed by atoms with van der Waals surface area (Å²) in [6, 6.07) is 9.99. The van der Waals surface area contributed by atoms with Crippen molar-refractivity contribution in [1.29, 1.82) is 0 Å². The van der Waals surface area contributed by atoms with Crippen LogP contribution in [-0.4, -0.2) is 13.7 Å². The second kappa shape index (κ2) is 9.21. The Morgan fingerprint density at radius 2 is 1.82 bits per heavy atom. The number of ether oxygens (including phenoxy) is 1. The van der Waals surface area contributed by atoms with Gasteiger partial charge in [-0.25, -0.2) is 4.39 Å². The fourth-order valence-corrected chi connectivity index (χ4v) is 2.69. The molecular formula is C16H17Cl3FNO. The zero-order chi connectivity index (χ0) is 15.2. The van der Waals surface area contributed by atoms with Crippen LogP contribution in [0.1, 0.15) is 11.1 Å². The first-order valence-electron chi connectivity index (χ1n) is 6.57. The average molecular weight is 365 g/mol. The van der Waals surface area contributed by atoms with Crippen LogP contribution in [0.25, 0.3) is 0 Å². The molecule has 0 heterocycles. The lowest BCUT2D eigenvalue weighted by Gasteiger charge is -2.12. The SMILES string of the molecule is COc1c(Cl)cc(Cl)cc1CNCCc1ccc(F)cc1.Cl. The van der Waals surface area contributed by atoms with Gasteiger partial charge >= 0.3 is 0 Å². The minimum absolute atomic E-state index is 0. The maximum absolute atomic E-state index is 12.8. The molecule has 1 N–H and O–H groups in total. The summed E-state index contributed by atoms with van der Waals surface area (Å²) >= 11 is 12.1. The Labute approximate surface area is 146 Å². The Kier molecular flexibility index (Phi) is 7.97. The van der Waals surface area contributed by atoms with Crippen LogP contribution in [0.3, 0.4) is 0 Å². The molecule has 0 aliphatic carbocycles. The second-order valence-corrected chi connectivity index (χ2v) is 5.48. The van der Waals surface area contributed by atoms with E-state index in [1.54, 1.807) is 25.3 Å². The average Bonchev–Trinajstić information content (AvgIpc) is 2.45. The quantitative estimate of drug-likeness (QED) is 0.736. The molecule has 2 aromatic rings. The van der Waals surface area contributed by atoms with Crippen molar-refractivity contribution in [2.45, 2.75) is 13.0 Å². The number of methoxy groups -OCH3 is 1. The van der Waals surface area contributed by atoms with Gasteiger partial charge in [0.05, 0.1) is 12.1 Å². The molecule has 0 saturated heterocycles. The molecule has 0 unspecified atom stereocenters. The van der Waals surface area contributed by atoms with E-state index >= 15 is 0 Å². The van der Waals surface area contributed by atoms with E-state index in [0.29, 0.717) is 22.3 Å². The van der Waals surface area contributed by atoms with E-state index in [1.165, 1.54) is 12.1 Å². The molecule has 2 rings (SSSR count). The summed E-state index contributed by atoms with van der Waals surface area (Å²) in [7, 11) is 1.58. The highest BCUT2D eigenvalue weighted by atomic mass is 35.5. The van der Waals surface area contributed by atoms with Gasteiger partial charge in [0.2, 0.25) is 0 Å². The second-order valence-electron chi connectivity index (χ2n) is 4.63. The van der Waals surface area contributed by atoms with Gasteiger partial charge in [-0.05, 0) is 42.8 Å². The van der Waals surface area contributed by atoms with Gasteiger partial charge in [-0.3, -0.25) is 0 Å². The number of hydrogen-bond donors (Lipinski definition) is 1. The smallest absolute Gasteiger partial charge is 0.142 e. The molecule has 0 fully saturated rings. The Balaban J connectivity index is 0.00000242. The van der Waals surface area contributed by atoms with Crippen molar-refractivity contribution in [1.82, 2.24) is 5.32 Å². The summed E-state index contributed by atoms with van der Waals surface area (Å²) in [6.45, 7) is 1.36. The van der Waals surface area contributed by atoms with Crippen LogP contribution in [0.2, 0.25) is 10.0 Å². The highest BCUT2D eigenvalue weighted by Gasteiger charge is 2.09. The van der Waals surface area contributed by atoms with Crippen LogP contribution in [-0.2, 0) is 13.0 Å². The largest absolute Gasteiger partial charge is 0.495 e. The molecule has 0 radical (unpaired) electrons. The molecule has 0 aliphatic rings. The third kappa shape index (κ3) is 5.33. The van der Waals surface area contributed by atoms with Gasteiger partial charge in [0, 0.05) is 17.1 Å². The minimum atomic E-state index is -0.218. The van der Waals surface area contributed by atoms with Crippen LogP contribution in [0.15, 0.2) is 36.4 Å². The third-order valence-electron chi connectivity index (χ3n) is 3.11. The highest BCUT2D eigenvalue weighted by Crippen LogP contribution is 2.32. The molecule has 0 spiro atoms. The summed E-state index contributed by atoms with van der Waals surface area (Å²) < 4.78 is 18.1. The lowest BCUT2D eigenvalue weighted by molar-refractivity contribution is 0.408. The fraction of sp³-hybridized carbons (Fsp3) is 0.250. The minimum Gasteiger partial charge on any atom is -0.495 e. The van der Waals surface area contributed by atoms with E-state index in [0.717, 1.165) is 24.1 Å². The zero-order valence-electron chi connectivity index (χ0n) is 12.0. The van der Waals surface area contributed by atoms with Crippen molar-refractivity contribution in [3.8, 4) is 5.75 Å². The molecule has 0 aliphatic heterocycles. The first-order chi connectivity index (χ1) is 10.1. The lowest BCUT2D eigenvalue weighted by Crippen LogP contribution is -2.17. The van der Waals surface area contributed by atoms with E-state index in [9.17, 15) is 4.39 Å². The van der Waals surface area contributed by atoms with Crippen LogP contribution in [0, 0.1) is 5.82 Å². The van der Waals surface area contributed by atoms with Crippen molar-refractivity contribution in [3.05, 3.63) is 63.4 Å². The maximum atomic E-state index is 12.8. The standard InChI is InChI=1S/C16H16Cl2FNO.ClH/c1-21-16-12(8-13(17)9-15(16)18)10-20-7-6-11-2-4-14(19)5-3-11;/h2-5,8-9,20H,6-7,10H2,1H3;1H. The van der Waals surface area contributed by atoms with E-state index in [1.807, 2.05) is 6.07 Å². The predicted octanol–water partition coefficient (Wildman–Crippen LogP) is 4.90.